The van der Waals surface area contributed by atoms with E-state index in [1.165, 1.54) is 31.3 Å². The van der Waals surface area contributed by atoms with Crippen LogP contribution in [0.15, 0.2) is 52.9 Å². The van der Waals surface area contributed by atoms with E-state index in [9.17, 15) is 18.8 Å². The first-order valence-electron chi connectivity index (χ1n) is 9.20. The zero-order chi connectivity index (χ0) is 21.5. The normalized spacial score (nSPS) is 10.6. The van der Waals surface area contributed by atoms with Gasteiger partial charge in [-0.15, -0.1) is 0 Å². The third kappa shape index (κ3) is 5.87. The molecule has 0 bridgehead atoms. The quantitative estimate of drug-likeness (QED) is 0.570. The molecule has 3 aromatic rings. The number of fused-ring (bicyclic) bond motifs is 1. The molecule has 2 amide bonds. The number of aryl methyl sites for hydroxylation is 1. The molecule has 0 fully saturated rings. The van der Waals surface area contributed by atoms with E-state index < -0.39 is 30.2 Å². The fourth-order valence-corrected chi connectivity index (χ4v) is 2.60. The molecule has 1 aromatic heterocycles. The number of carbonyl (C=O) groups excluding carboxylic acids is 3. The van der Waals surface area contributed by atoms with Crippen LogP contribution >= 0.6 is 0 Å². The second-order valence-corrected chi connectivity index (χ2v) is 6.54. The number of hydrogen-bond acceptors (Lipinski definition) is 6. The van der Waals surface area contributed by atoms with Crippen molar-refractivity contribution in [2.24, 2.45) is 0 Å². The molecule has 1 heterocycles. The van der Waals surface area contributed by atoms with Gasteiger partial charge in [0.15, 0.2) is 18.1 Å². The molecule has 0 aliphatic rings. The van der Waals surface area contributed by atoms with Crippen LogP contribution in [0.4, 0.5) is 10.1 Å². The first kappa shape index (κ1) is 21.0. The summed E-state index contributed by atoms with van der Waals surface area (Å²) in [6, 6.07) is 12.5. The van der Waals surface area contributed by atoms with Crippen LogP contribution in [0, 0.1) is 5.82 Å². The SMILES string of the molecule is CN(CC(=O)Nc1ccc(F)cc1)C(=O)COC(=O)CCc1nc2ccccc2o1. The van der Waals surface area contributed by atoms with E-state index in [1.54, 1.807) is 12.1 Å². The molecule has 0 saturated heterocycles. The molecule has 0 aliphatic carbocycles. The molecule has 0 radical (unpaired) electrons. The Morgan fingerprint density at radius 3 is 2.60 bits per heavy atom. The van der Waals surface area contributed by atoms with E-state index in [1.807, 2.05) is 12.1 Å². The minimum atomic E-state index is -0.574. The Labute approximate surface area is 171 Å². The first-order valence-corrected chi connectivity index (χ1v) is 9.20. The number of hydrogen-bond donors (Lipinski definition) is 1. The smallest absolute Gasteiger partial charge is 0.306 e. The molecule has 8 nitrogen and oxygen atoms in total. The van der Waals surface area contributed by atoms with Crippen LogP contribution in [0.3, 0.4) is 0 Å². The second-order valence-electron chi connectivity index (χ2n) is 6.54. The summed E-state index contributed by atoms with van der Waals surface area (Å²) in [6.07, 6.45) is 0.256. The van der Waals surface area contributed by atoms with Crippen molar-refractivity contribution >= 4 is 34.6 Å². The predicted octanol–water partition coefficient (Wildman–Crippen LogP) is 2.54. The molecular weight excluding hydrogens is 393 g/mol. The Balaban J connectivity index is 1.38. The van der Waals surface area contributed by atoms with Crippen LogP contribution in [-0.4, -0.2) is 47.9 Å². The van der Waals surface area contributed by atoms with E-state index in [-0.39, 0.29) is 19.4 Å². The summed E-state index contributed by atoms with van der Waals surface area (Å²) in [6.45, 7) is -0.719. The number of carbonyl (C=O) groups is 3. The lowest BCUT2D eigenvalue weighted by Crippen LogP contribution is -2.37. The lowest BCUT2D eigenvalue weighted by atomic mass is 10.3. The topological polar surface area (TPSA) is 102 Å². The number of nitrogens with one attached hydrogen (secondary N) is 1. The highest BCUT2D eigenvalue weighted by molar-refractivity contribution is 5.94. The number of amides is 2. The van der Waals surface area contributed by atoms with Gasteiger partial charge in [-0.3, -0.25) is 14.4 Å². The van der Waals surface area contributed by atoms with Gasteiger partial charge in [0.1, 0.15) is 11.3 Å². The molecule has 2 aromatic carbocycles. The summed E-state index contributed by atoms with van der Waals surface area (Å²) >= 11 is 0. The Morgan fingerprint density at radius 2 is 1.87 bits per heavy atom. The van der Waals surface area contributed by atoms with Crippen molar-refractivity contribution in [2.75, 3.05) is 25.5 Å². The van der Waals surface area contributed by atoms with E-state index in [0.29, 0.717) is 22.7 Å². The number of nitrogens with zero attached hydrogens (tertiary/aromatic N) is 2. The third-order valence-electron chi connectivity index (χ3n) is 4.17. The predicted molar refractivity (Wildman–Crippen MR) is 106 cm³/mol. The largest absolute Gasteiger partial charge is 0.456 e. The van der Waals surface area contributed by atoms with Crippen LogP contribution in [0.1, 0.15) is 12.3 Å². The average molecular weight is 413 g/mol. The number of esters is 1. The molecular formula is C21H20FN3O5. The van der Waals surface area contributed by atoms with Gasteiger partial charge in [0.2, 0.25) is 5.91 Å². The fraction of sp³-hybridized carbons (Fsp3) is 0.238. The number of anilines is 1. The zero-order valence-corrected chi connectivity index (χ0v) is 16.3. The minimum Gasteiger partial charge on any atom is -0.456 e. The second kappa shape index (κ2) is 9.64. The Hall–Kier alpha value is -3.75. The number of benzene rings is 2. The number of halogens is 1. The third-order valence-corrected chi connectivity index (χ3v) is 4.17. The zero-order valence-electron chi connectivity index (χ0n) is 16.3. The number of likely N-dealkylation sites (N-methyl/N-ethyl adjacent to an activating group) is 1. The van der Waals surface area contributed by atoms with Crippen LogP contribution in [0.25, 0.3) is 11.1 Å². The number of rotatable bonds is 8. The van der Waals surface area contributed by atoms with Gasteiger partial charge in [-0.1, -0.05) is 12.1 Å². The van der Waals surface area contributed by atoms with Gasteiger partial charge in [0, 0.05) is 19.2 Å². The van der Waals surface area contributed by atoms with Crippen LogP contribution in [0.2, 0.25) is 0 Å². The Bertz CT molecular complexity index is 1020. The summed E-state index contributed by atoms with van der Waals surface area (Å²) in [7, 11) is 1.42. The first-order chi connectivity index (χ1) is 14.4. The average Bonchev–Trinajstić information content (AvgIpc) is 3.15. The molecule has 0 aliphatic heterocycles. The number of oxazole rings is 1. The number of para-hydroxylation sites is 2. The molecule has 30 heavy (non-hydrogen) atoms. The molecule has 0 unspecified atom stereocenters. The molecule has 156 valence electrons. The highest BCUT2D eigenvalue weighted by Crippen LogP contribution is 2.15. The minimum absolute atomic E-state index is 0.00880. The van der Waals surface area contributed by atoms with Gasteiger partial charge >= 0.3 is 5.97 Å². The van der Waals surface area contributed by atoms with Crippen molar-refractivity contribution in [2.45, 2.75) is 12.8 Å². The number of ether oxygens (including phenoxy) is 1. The molecule has 1 N–H and O–H groups in total. The van der Waals surface area contributed by atoms with Gasteiger partial charge < -0.3 is 19.4 Å². The molecule has 0 saturated carbocycles. The van der Waals surface area contributed by atoms with Gasteiger partial charge in [-0.2, -0.15) is 0 Å². The maximum Gasteiger partial charge on any atom is 0.306 e. The summed E-state index contributed by atoms with van der Waals surface area (Å²) in [5.41, 5.74) is 1.75. The van der Waals surface area contributed by atoms with Crippen LogP contribution in [0.5, 0.6) is 0 Å². The van der Waals surface area contributed by atoms with Crippen molar-refractivity contribution in [3.05, 3.63) is 60.2 Å². The molecule has 0 atom stereocenters. The van der Waals surface area contributed by atoms with Gasteiger partial charge in [0.25, 0.3) is 5.91 Å². The maximum atomic E-state index is 12.9. The fourth-order valence-electron chi connectivity index (χ4n) is 2.60. The monoisotopic (exact) mass is 413 g/mol. The highest BCUT2D eigenvalue weighted by atomic mass is 19.1. The maximum absolute atomic E-state index is 12.9. The van der Waals surface area contributed by atoms with E-state index in [2.05, 4.69) is 10.3 Å². The van der Waals surface area contributed by atoms with Crippen LogP contribution < -0.4 is 5.32 Å². The van der Waals surface area contributed by atoms with Gasteiger partial charge in [0.05, 0.1) is 13.0 Å². The van der Waals surface area contributed by atoms with Crippen molar-refractivity contribution in [3.63, 3.8) is 0 Å². The summed E-state index contributed by atoms with van der Waals surface area (Å²) in [5, 5.41) is 2.54. The standard InChI is InChI=1S/C21H20FN3O5/c1-25(12-18(26)23-15-8-6-14(22)7-9-15)20(27)13-29-21(28)11-10-19-24-16-4-2-3-5-17(16)30-19/h2-9H,10-13H2,1H3,(H,23,26). The highest BCUT2D eigenvalue weighted by Gasteiger charge is 2.16. The Kier molecular flexibility index (Phi) is 6.74. The van der Waals surface area contributed by atoms with E-state index in [0.717, 1.165) is 4.90 Å². The summed E-state index contributed by atoms with van der Waals surface area (Å²) in [4.78, 5) is 41.3. The summed E-state index contributed by atoms with van der Waals surface area (Å²) < 4.78 is 23.4. The van der Waals surface area contributed by atoms with Crippen molar-refractivity contribution < 1.29 is 27.9 Å². The van der Waals surface area contributed by atoms with Crippen molar-refractivity contribution in [3.8, 4) is 0 Å². The van der Waals surface area contributed by atoms with Gasteiger partial charge in [-0.05, 0) is 36.4 Å². The van der Waals surface area contributed by atoms with Gasteiger partial charge in [-0.25, -0.2) is 9.37 Å². The summed E-state index contributed by atoms with van der Waals surface area (Å²) in [5.74, 6) is -1.57. The van der Waals surface area contributed by atoms with E-state index in [4.69, 9.17) is 9.15 Å². The van der Waals surface area contributed by atoms with Crippen molar-refractivity contribution in [1.29, 1.82) is 0 Å². The molecule has 0 spiro atoms. The Morgan fingerprint density at radius 1 is 1.13 bits per heavy atom. The molecule has 9 heteroatoms. The van der Waals surface area contributed by atoms with E-state index >= 15 is 0 Å². The lowest BCUT2D eigenvalue weighted by molar-refractivity contribution is -0.151. The van der Waals surface area contributed by atoms with Crippen molar-refractivity contribution in [1.82, 2.24) is 9.88 Å². The number of aromatic nitrogens is 1. The lowest BCUT2D eigenvalue weighted by Gasteiger charge is -2.16. The van der Waals surface area contributed by atoms with Crippen LogP contribution in [-0.2, 0) is 25.5 Å². The molecule has 3 rings (SSSR count).